The Morgan fingerprint density at radius 2 is 1.19 bits per heavy atom. The Morgan fingerprint density at radius 1 is 0.810 bits per heavy atom. The normalized spacial score (nSPS) is 23.4. The predicted octanol–water partition coefficient (Wildman–Crippen LogP) is 4.09. The molecule has 1 aliphatic heterocycles. The SMILES string of the molecule is CC1=C([Si](C)(C)C)C(N2CCOCC2)C([Si](C)(C)C)=C1C. The number of allylic oxidation sites excluding steroid dienone is 2. The second kappa shape index (κ2) is 5.80. The number of nitrogens with zero attached hydrogens (tertiary/aromatic N) is 1. The fourth-order valence-electron chi connectivity index (χ4n) is 4.10. The van der Waals surface area contributed by atoms with Crippen LogP contribution in [0, 0.1) is 0 Å². The van der Waals surface area contributed by atoms with Crippen molar-refractivity contribution in [3.63, 3.8) is 0 Å². The van der Waals surface area contributed by atoms with Crippen LogP contribution in [-0.4, -0.2) is 53.4 Å². The molecule has 120 valence electrons. The third-order valence-electron chi connectivity index (χ3n) is 4.94. The zero-order valence-electron chi connectivity index (χ0n) is 15.3. The molecule has 4 heteroatoms. The van der Waals surface area contributed by atoms with E-state index >= 15 is 0 Å². The molecule has 2 rings (SSSR count). The minimum Gasteiger partial charge on any atom is -0.379 e. The van der Waals surface area contributed by atoms with Crippen LogP contribution in [0.2, 0.25) is 39.3 Å². The van der Waals surface area contributed by atoms with Gasteiger partial charge in [-0.3, -0.25) is 4.90 Å². The average Bonchev–Trinajstić information content (AvgIpc) is 2.62. The van der Waals surface area contributed by atoms with Crippen LogP contribution < -0.4 is 0 Å². The van der Waals surface area contributed by atoms with E-state index in [1.54, 1.807) is 21.5 Å². The minimum atomic E-state index is -1.32. The van der Waals surface area contributed by atoms with E-state index < -0.39 is 16.1 Å². The number of hydrogen-bond donors (Lipinski definition) is 0. The van der Waals surface area contributed by atoms with Gasteiger partial charge in [-0.05, 0) is 13.8 Å². The Labute approximate surface area is 133 Å². The zero-order chi connectivity index (χ0) is 16.0. The maximum absolute atomic E-state index is 5.60. The third kappa shape index (κ3) is 3.28. The van der Waals surface area contributed by atoms with Crippen LogP contribution in [0.3, 0.4) is 0 Å². The molecule has 0 aromatic rings. The quantitative estimate of drug-likeness (QED) is 0.725. The maximum Gasteiger partial charge on any atom is 0.0752 e. The molecule has 2 nitrogen and oxygen atoms in total. The van der Waals surface area contributed by atoms with Crippen LogP contribution in [-0.2, 0) is 4.74 Å². The molecule has 2 aliphatic rings. The largest absolute Gasteiger partial charge is 0.379 e. The molecular formula is C17H33NOSi2. The van der Waals surface area contributed by atoms with Crippen molar-refractivity contribution in [2.24, 2.45) is 0 Å². The number of morpholine rings is 1. The Hall–Kier alpha value is -0.166. The predicted molar refractivity (Wildman–Crippen MR) is 98.3 cm³/mol. The summed E-state index contributed by atoms with van der Waals surface area (Å²) in [5, 5.41) is 3.58. The van der Waals surface area contributed by atoms with Gasteiger partial charge in [-0.2, -0.15) is 0 Å². The molecule has 0 bridgehead atoms. The highest BCUT2D eigenvalue weighted by Crippen LogP contribution is 2.43. The van der Waals surface area contributed by atoms with Crippen LogP contribution in [0.4, 0.5) is 0 Å². The van der Waals surface area contributed by atoms with Crippen molar-refractivity contribution >= 4 is 16.1 Å². The van der Waals surface area contributed by atoms with E-state index in [0.29, 0.717) is 6.04 Å². The zero-order valence-corrected chi connectivity index (χ0v) is 17.3. The van der Waals surface area contributed by atoms with E-state index in [1.807, 2.05) is 0 Å². The molecule has 0 atom stereocenters. The van der Waals surface area contributed by atoms with Gasteiger partial charge in [-0.1, -0.05) is 60.8 Å². The van der Waals surface area contributed by atoms with Gasteiger partial charge in [-0.25, -0.2) is 0 Å². The van der Waals surface area contributed by atoms with Crippen LogP contribution in [0.25, 0.3) is 0 Å². The first-order valence-electron chi connectivity index (χ1n) is 8.30. The topological polar surface area (TPSA) is 12.5 Å². The summed E-state index contributed by atoms with van der Waals surface area (Å²) in [4.78, 5) is 2.71. The molecule has 0 saturated carbocycles. The maximum atomic E-state index is 5.60. The molecule has 1 heterocycles. The lowest BCUT2D eigenvalue weighted by Gasteiger charge is -2.42. The van der Waals surface area contributed by atoms with E-state index in [2.05, 4.69) is 58.0 Å². The molecule has 0 aromatic heterocycles. The molecule has 1 saturated heterocycles. The lowest BCUT2D eigenvalue weighted by atomic mass is 10.2. The van der Waals surface area contributed by atoms with Crippen molar-refractivity contribution in [2.45, 2.75) is 59.2 Å². The van der Waals surface area contributed by atoms with Crippen molar-refractivity contribution in [1.82, 2.24) is 4.90 Å². The molecule has 0 amide bonds. The number of rotatable bonds is 3. The van der Waals surface area contributed by atoms with E-state index in [9.17, 15) is 0 Å². The van der Waals surface area contributed by atoms with Gasteiger partial charge < -0.3 is 4.74 Å². The molecular weight excluding hydrogens is 290 g/mol. The van der Waals surface area contributed by atoms with E-state index in [1.165, 1.54) is 0 Å². The van der Waals surface area contributed by atoms with Gasteiger partial charge in [0.25, 0.3) is 0 Å². The van der Waals surface area contributed by atoms with Gasteiger partial charge in [-0.15, -0.1) is 0 Å². The van der Waals surface area contributed by atoms with Crippen LogP contribution in [0.5, 0.6) is 0 Å². The second-order valence-corrected chi connectivity index (χ2v) is 18.7. The molecule has 21 heavy (non-hydrogen) atoms. The van der Waals surface area contributed by atoms with E-state index in [-0.39, 0.29) is 0 Å². The Morgan fingerprint density at radius 3 is 1.52 bits per heavy atom. The number of hydrogen-bond acceptors (Lipinski definition) is 2. The summed E-state index contributed by atoms with van der Waals surface area (Å²) in [6, 6.07) is 0.590. The fraction of sp³-hybridized carbons (Fsp3) is 0.765. The Bertz CT molecular complexity index is 438. The molecule has 0 unspecified atom stereocenters. The summed E-state index contributed by atoms with van der Waals surface area (Å²) in [7, 11) is -2.64. The molecule has 0 spiro atoms. The molecule has 1 aliphatic carbocycles. The van der Waals surface area contributed by atoms with E-state index in [4.69, 9.17) is 4.74 Å². The Balaban J connectivity index is 2.52. The molecule has 0 aromatic carbocycles. The van der Waals surface area contributed by atoms with Crippen molar-refractivity contribution in [3.8, 4) is 0 Å². The van der Waals surface area contributed by atoms with E-state index in [0.717, 1.165) is 26.3 Å². The fourth-order valence-corrected chi connectivity index (χ4v) is 9.17. The highest BCUT2D eigenvalue weighted by molar-refractivity contribution is 6.86. The van der Waals surface area contributed by atoms with Crippen LogP contribution in [0.15, 0.2) is 21.5 Å². The van der Waals surface area contributed by atoms with Crippen molar-refractivity contribution in [1.29, 1.82) is 0 Å². The molecule has 0 N–H and O–H groups in total. The summed E-state index contributed by atoms with van der Waals surface area (Å²) in [5.74, 6) is 0. The van der Waals surface area contributed by atoms with Crippen molar-refractivity contribution in [3.05, 3.63) is 21.5 Å². The third-order valence-corrected chi connectivity index (χ3v) is 9.47. The minimum absolute atomic E-state index is 0.590. The average molecular weight is 324 g/mol. The van der Waals surface area contributed by atoms with Crippen molar-refractivity contribution < 1.29 is 4.74 Å². The van der Waals surface area contributed by atoms with Crippen LogP contribution >= 0.6 is 0 Å². The highest BCUT2D eigenvalue weighted by Gasteiger charge is 2.44. The van der Waals surface area contributed by atoms with Gasteiger partial charge in [0.15, 0.2) is 0 Å². The standard InChI is InChI=1S/C17H33NOSi2/c1-13-14(2)17(21(6,7)8)15(16(13)20(3,4)5)18-9-11-19-12-10-18/h15H,9-12H2,1-8H3. The number of ether oxygens (including phenoxy) is 1. The first-order chi connectivity index (χ1) is 9.55. The second-order valence-electron chi connectivity index (χ2n) is 8.63. The van der Waals surface area contributed by atoms with Gasteiger partial charge >= 0.3 is 0 Å². The Kier molecular flexibility index (Phi) is 4.75. The first kappa shape index (κ1) is 17.2. The van der Waals surface area contributed by atoms with Gasteiger partial charge in [0.05, 0.1) is 29.4 Å². The van der Waals surface area contributed by atoms with Crippen molar-refractivity contribution in [2.75, 3.05) is 26.3 Å². The summed E-state index contributed by atoms with van der Waals surface area (Å²) in [5.41, 5.74) is 3.23. The smallest absolute Gasteiger partial charge is 0.0752 e. The first-order valence-corrected chi connectivity index (χ1v) is 15.3. The van der Waals surface area contributed by atoms with Gasteiger partial charge in [0.2, 0.25) is 0 Å². The summed E-state index contributed by atoms with van der Waals surface area (Å²) < 4.78 is 5.60. The summed E-state index contributed by atoms with van der Waals surface area (Å²) >= 11 is 0. The molecule has 1 fully saturated rings. The van der Waals surface area contributed by atoms with Crippen LogP contribution in [0.1, 0.15) is 13.8 Å². The summed E-state index contributed by atoms with van der Waals surface area (Å²) in [6.45, 7) is 23.8. The highest BCUT2D eigenvalue weighted by atomic mass is 28.3. The lowest BCUT2D eigenvalue weighted by molar-refractivity contribution is 0.0316. The van der Waals surface area contributed by atoms with Gasteiger partial charge in [0.1, 0.15) is 0 Å². The lowest BCUT2D eigenvalue weighted by Crippen LogP contribution is -2.51. The molecule has 0 radical (unpaired) electrons. The monoisotopic (exact) mass is 323 g/mol. The van der Waals surface area contributed by atoms with Gasteiger partial charge in [0, 0.05) is 19.1 Å². The summed E-state index contributed by atoms with van der Waals surface area (Å²) in [6.07, 6.45) is 0.